The maximum Gasteiger partial charge on any atom is 0.238 e. The molecule has 1 aromatic heterocycles. The van der Waals surface area contributed by atoms with Crippen LogP contribution >= 0.6 is 0 Å². The van der Waals surface area contributed by atoms with Crippen molar-refractivity contribution in [3.63, 3.8) is 0 Å². The third kappa shape index (κ3) is 3.54. The van der Waals surface area contributed by atoms with Crippen LogP contribution in [-0.4, -0.2) is 47.7 Å². The highest BCUT2D eigenvalue weighted by Gasteiger charge is 2.34. The van der Waals surface area contributed by atoms with Gasteiger partial charge in [0.15, 0.2) is 0 Å². The Morgan fingerprint density at radius 2 is 2.37 bits per heavy atom. The Hall–Kier alpha value is -1.41. The van der Waals surface area contributed by atoms with Gasteiger partial charge in [-0.25, -0.2) is 8.42 Å². The number of amides is 1. The van der Waals surface area contributed by atoms with Gasteiger partial charge in [0.05, 0.1) is 18.5 Å². The Morgan fingerprint density at radius 3 is 3.00 bits per heavy atom. The highest BCUT2D eigenvalue weighted by Crippen LogP contribution is 2.19. The zero-order valence-electron chi connectivity index (χ0n) is 10.8. The summed E-state index contributed by atoms with van der Waals surface area (Å²) in [6.45, 7) is 0.744. The van der Waals surface area contributed by atoms with E-state index in [1.165, 1.54) is 4.31 Å². The zero-order valence-corrected chi connectivity index (χ0v) is 11.6. The monoisotopic (exact) mass is 286 g/mol. The van der Waals surface area contributed by atoms with E-state index in [1.807, 2.05) is 0 Å². The van der Waals surface area contributed by atoms with E-state index in [0.717, 1.165) is 24.8 Å². The summed E-state index contributed by atoms with van der Waals surface area (Å²) in [4.78, 5) is 12.1. The summed E-state index contributed by atoms with van der Waals surface area (Å²) in [7, 11) is -3.34. The molecule has 1 unspecified atom stereocenters. The molecule has 1 atom stereocenters. The number of nitrogens with one attached hydrogen (secondary N) is 2. The molecule has 0 bridgehead atoms. The number of piperidine rings is 1. The lowest BCUT2D eigenvalue weighted by molar-refractivity contribution is -0.125. The minimum atomic E-state index is -3.34. The van der Waals surface area contributed by atoms with Crippen molar-refractivity contribution in [2.24, 2.45) is 0 Å². The van der Waals surface area contributed by atoms with Gasteiger partial charge >= 0.3 is 0 Å². The Morgan fingerprint density at radius 1 is 1.58 bits per heavy atom. The number of aromatic nitrogens is 2. The maximum atomic E-state index is 12.1. The molecule has 2 rings (SSSR count). The Kier molecular flexibility index (Phi) is 4.20. The number of nitrogens with zero attached hydrogens (tertiary/aromatic N) is 2. The van der Waals surface area contributed by atoms with E-state index in [-0.39, 0.29) is 5.91 Å². The largest absolute Gasteiger partial charge is 0.349 e. The van der Waals surface area contributed by atoms with Gasteiger partial charge in [0.1, 0.15) is 6.04 Å². The molecule has 19 heavy (non-hydrogen) atoms. The fourth-order valence-electron chi connectivity index (χ4n) is 2.25. The quantitative estimate of drug-likeness (QED) is 0.804. The molecule has 0 radical (unpaired) electrons. The number of H-pyrrole nitrogens is 1. The Bertz CT molecular complexity index is 526. The first-order valence-corrected chi connectivity index (χ1v) is 8.06. The van der Waals surface area contributed by atoms with Crippen molar-refractivity contribution in [2.75, 3.05) is 12.8 Å². The highest BCUT2D eigenvalue weighted by molar-refractivity contribution is 7.88. The molecule has 0 aliphatic carbocycles. The summed E-state index contributed by atoms with van der Waals surface area (Å²) in [6, 6.07) is 1.17. The maximum absolute atomic E-state index is 12.1. The number of sulfonamides is 1. The van der Waals surface area contributed by atoms with Gasteiger partial charge in [0, 0.05) is 12.7 Å². The molecule has 7 nitrogen and oxygen atoms in total. The Labute approximate surface area is 112 Å². The number of hydrogen-bond donors (Lipinski definition) is 2. The van der Waals surface area contributed by atoms with Crippen molar-refractivity contribution in [1.82, 2.24) is 19.8 Å². The molecule has 0 saturated carbocycles. The van der Waals surface area contributed by atoms with E-state index < -0.39 is 16.1 Å². The molecule has 1 aromatic rings. The van der Waals surface area contributed by atoms with Gasteiger partial charge in [0.2, 0.25) is 15.9 Å². The fourth-order valence-corrected chi connectivity index (χ4v) is 3.37. The second-order valence-electron chi connectivity index (χ2n) is 4.68. The van der Waals surface area contributed by atoms with Gasteiger partial charge in [-0.2, -0.15) is 9.40 Å². The van der Waals surface area contributed by atoms with Crippen molar-refractivity contribution in [3.8, 4) is 0 Å². The molecule has 1 aliphatic rings. The highest BCUT2D eigenvalue weighted by atomic mass is 32.2. The molecule has 0 aromatic carbocycles. The summed E-state index contributed by atoms with van der Waals surface area (Å²) in [5, 5.41) is 9.27. The number of hydrogen-bond acceptors (Lipinski definition) is 4. The minimum Gasteiger partial charge on any atom is -0.349 e. The average molecular weight is 286 g/mol. The number of aromatic amines is 1. The molecule has 1 saturated heterocycles. The smallest absolute Gasteiger partial charge is 0.238 e. The lowest BCUT2D eigenvalue weighted by Gasteiger charge is -2.32. The molecular weight excluding hydrogens is 268 g/mol. The lowest BCUT2D eigenvalue weighted by atomic mass is 10.0. The number of rotatable bonds is 4. The van der Waals surface area contributed by atoms with Crippen molar-refractivity contribution in [2.45, 2.75) is 31.8 Å². The molecule has 2 N–H and O–H groups in total. The second kappa shape index (κ2) is 5.70. The second-order valence-corrected chi connectivity index (χ2v) is 6.62. The van der Waals surface area contributed by atoms with E-state index in [0.29, 0.717) is 19.5 Å². The zero-order chi connectivity index (χ0) is 13.9. The van der Waals surface area contributed by atoms with Crippen LogP contribution in [0.1, 0.15) is 25.0 Å². The van der Waals surface area contributed by atoms with E-state index in [2.05, 4.69) is 15.5 Å². The van der Waals surface area contributed by atoms with Gasteiger partial charge < -0.3 is 5.32 Å². The molecular formula is C11H18N4O3S. The van der Waals surface area contributed by atoms with E-state index in [4.69, 9.17) is 0 Å². The first kappa shape index (κ1) is 14.0. The summed E-state index contributed by atoms with van der Waals surface area (Å²) >= 11 is 0. The van der Waals surface area contributed by atoms with Crippen LogP contribution in [0.25, 0.3) is 0 Å². The van der Waals surface area contributed by atoms with Crippen molar-refractivity contribution < 1.29 is 13.2 Å². The van der Waals surface area contributed by atoms with Crippen LogP contribution in [0.2, 0.25) is 0 Å². The Balaban J connectivity index is 1.99. The fraction of sp³-hybridized carbons (Fsp3) is 0.636. The molecule has 1 fully saturated rings. The average Bonchev–Trinajstić information content (AvgIpc) is 2.88. The van der Waals surface area contributed by atoms with E-state index in [9.17, 15) is 13.2 Å². The van der Waals surface area contributed by atoms with Crippen LogP contribution in [0.15, 0.2) is 12.3 Å². The van der Waals surface area contributed by atoms with Gasteiger partial charge in [-0.05, 0) is 18.9 Å². The predicted octanol–water partition coefficient (Wildman–Crippen LogP) is -0.160. The van der Waals surface area contributed by atoms with Crippen molar-refractivity contribution >= 4 is 15.9 Å². The first-order chi connectivity index (χ1) is 8.98. The molecule has 1 aliphatic heterocycles. The van der Waals surface area contributed by atoms with Gasteiger partial charge in [-0.3, -0.25) is 9.89 Å². The normalized spacial score (nSPS) is 21.2. The molecule has 1 amide bonds. The summed E-state index contributed by atoms with van der Waals surface area (Å²) in [5.41, 5.74) is 0.787. The third-order valence-corrected chi connectivity index (χ3v) is 4.48. The summed E-state index contributed by atoms with van der Waals surface area (Å²) < 4.78 is 24.6. The van der Waals surface area contributed by atoms with Crippen LogP contribution in [0.5, 0.6) is 0 Å². The topological polar surface area (TPSA) is 95.2 Å². The minimum absolute atomic E-state index is 0.250. The summed E-state index contributed by atoms with van der Waals surface area (Å²) in [6.07, 6.45) is 4.99. The van der Waals surface area contributed by atoms with Crippen molar-refractivity contribution in [1.29, 1.82) is 0 Å². The molecule has 0 spiro atoms. The first-order valence-electron chi connectivity index (χ1n) is 6.21. The number of carbonyl (C=O) groups excluding carboxylic acids is 1. The van der Waals surface area contributed by atoms with Crippen LogP contribution in [0, 0.1) is 0 Å². The molecule has 106 valence electrons. The number of carbonyl (C=O) groups is 1. The van der Waals surface area contributed by atoms with Crippen LogP contribution in [-0.2, 0) is 21.4 Å². The lowest BCUT2D eigenvalue weighted by Crippen LogP contribution is -2.51. The van der Waals surface area contributed by atoms with Crippen LogP contribution < -0.4 is 5.32 Å². The molecule has 2 heterocycles. The van der Waals surface area contributed by atoms with Gasteiger partial charge in [-0.15, -0.1) is 0 Å². The standard InChI is InChI=1S/C11H18N4O3S/c1-19(17,18)15-7-3-2-4-10(15)11(16)12-8-9-5-6-13-14-9/h5-6,10H,2-4,7-8H2,1H3,(H,12,16)(H,13,14). The van der Waals surface area contributed by atoms with E-state index >= 15 is 0 Å². The SMILES string of the molecule is CS(=O)(=O)N1CCCCC1C(=O)NCc1ccn[nH]1. The predicted molar refractivity (Wildman–Crippen MR) is 69.6 cm³/mol. The van der Waals surface area contributed by atoms with Crippen molar-refractivity contribution in [3.05, 3.63) is 18.0 Å². The van der Waals surface area contributed by atoms with Gasteiger partial charge in [0.25, 0.3) is 0 Å². The molecule has 8 heteroatoms. The third-order valence-electron chi connectivity index (χ3n) is 3.19. The van der Waals surface area contributed by atoms with E-state index in [1.54, 1.807) is 12.3 Å². The van der Waals surface area contributed by atoms with Crippen LogP contribution in [0.3, 0.4) is 0 Å². The summed E-state index contributed by atoms with van der Waals surface area (Å²) in [5.74, 6) is -0.250. The van der Waals surface area contributed by atoms with Crippen LogP contribution in [0.4, 0.5) is 0 Å². The van der Waals surface area contributed by atoms with Gasteiger partial charge in [-0.1, -0.05) is 6.42 Å².